The molecule has 2 rings (SSSR count). The Bertz CT molecular complexity index is 443. The Labute approximate surface area is 81.7 Å². The third kappa shape index (κ3) is 1.53. The second-order valence-corrected chi connectivity index (χ2v) is 3.38. The van der Waals surface area contributed by atoms with Crippen molar-refractivity contribution < 1.29 is 4.63 Å². The molecule has 0 saturated heterocycles. The lowest BCUT2D eigenvalue weighted by Crippen LogP contribution is -2.05. The van der Waals surface area contributed by atoms with Crippen molar-refractivity contribution in [2.45, 2.75) is 27.3 Å². The summed E-state index contributed by atoms with van der Waals surface area (Å²) < 4.78 is 6.51. The largest absolute Gasteiger partial charge is 0.263 e. The predicted octanol–water partition coefficient (Wildman–Crippen LogP) is 1.24. The zero-order chi connectivity index (χ0) is 10.1. The highest BCUT2D eigenvalue weighted by atomic mass is 16.6. The molecule has 74 valence electrons. The van der Waals surface area contributed by atoms with Gasteiger partial charge in [0.25, 0.3) is 0 Å². The molecule has 0 aromatic carbocycles. The highest BCUT2D eigenvalue weighted by Gasteiger charge is 2.08. The third-order valence-corrected chi connectivity index (χ3v) is 2.15. The standard InChI is InChI=1S/C9H12N4O/c1-6-4-7(2)13(10-6)5-9-8(3)11-14-12-9/h4H,5H2,1-3H3. The molecule has 0 saturated carbocycles. The number of nitrogens with zero attached hydrogens (tertiary/aromatic N) is 4. The summed E-state index contributed by atoms with van der Waals surface area (Å²) in [4.78, 5) is 0. The normalized spacial score (nSPS) is 10.8. The van der Waals surface area contributed by atoms with Crippen LogP contribution in [0.2, 0.25) is 0 Å². The van der Waals surface area contributed by atoms with E-state index in [0.29, 0.717) is 6.54 Å². The van der Waals surface area contributed by atoms with Crippen LogP contribution in [0.3, 0.4) is 0 Å². The fraction of sp³-hybridized carbons (Fsp3) is 0.444. The summed E-state index contributed by atoms with van der Waals surface area (Å²) >= 11 is 0. The van der Waals surface area contributed by atoms with Crippen LogP contribution in [0.5, 0.6) is 0 Å². The number of rotatable bonds is 2. The lowest BCUT2D eigenvalue weighted by atomic mass is 10.3. The summed E-state index contributed by atoms with van der Waals surface area (Å²) in [5.41, 5.74) is 3.77. The molecule has 5 heteroatoms. The molecule has 0 atom stereocenters. The zero-order valence-corrected chi connectivity index (χ0v) is 8.48. The van der Waals surface area contributed by atoms with E-state index in [2.05, 4.69) is 20.0 Å². The molecule has 0 radical (unpaired) electrons. The van der Waals surface area contributed by atoms with E-state index in [1.165, 1.54) is 0 Å². The quantitative estimate of drug-likeness (QED) is 0.718. The molecule has 2 aromatic rings. The molecule has 0 aliphatic heterocycles. The van der Waals surface area contributed by atoms with Crippen LogP contribution in [-0.4, -0.2) is 20.1 Å². The van der Waals surface area contributed by atoms with Gasteiger partial charge in [0.2, 0.25) is 0 Å². The van der Waals surface area contributed by atoms with Crippen molar-refractivity contribution in [1.29, 1.82) is 0 Å². The minimum Gasteiger partial charge on any atom is -0.263 e. The molecule has 0 spiro atoms. The molecule has 0 fully saturated rings. The molecule has 0 N–H and O–H groups in total. The molecule has 2 aromatic heterocycles. The van der Waals surface area contributed by atoms with Gasteiger partial charge in [0.15, 0.2) is 0 Å². The summed E-state index contributed by atoms with van der Waals surface area (Å²) in [5, 5.41) is 11.9. The number of aryl methyl sites for hydroxylation is 3. The maximum Gasteiger partial charge on any atom is 0.129 e. The van der Waals surface area contributed by atoms with E-state index < -0.39 is 0 Å². The van der Waals surface area contributed by atoms with Gasteiger partial charge in [-0.05, 0) is 26.8 Å². The number of aromatic nitrogens is 4. The fourth-order valence-corrected chi connectivity index (χ4v) is 1.37. The Hall–Kier alpha value is -1.65. The summed E-state index contributed by atoms with van der Waals surface area (Å²) in [5.74, 6) is 0. The average molecular weight is 192 g/mol. The molecule has 0 unspecified atom stereocenters. The van der Waals surface area contributed by atoms with Crippen molar-refractivity contribution in [3.05, 3.63) is 28.8 Å². The van der Waals surface area contributed by atoms with Crippen molar-refractivity contribution in [3.63, 3.8) is 0 Å². The SMILES string of the molecule is Cc1cc(C)n(Cc2nonc2C)n1. The zero-order valence-electron chi connectivity index (χ0n) is 8.48. The van der Waals surface area contributed by atoms with Crippen molar-refractivity contribution in [3.8, 4) is 0 Å². The van der Waals surface area contributed by atoms with Crippen LogP contribution in [0.25, 0.3) is 0 Å². The second-order valence-electron chi connectivity index (χ2n) is 3.38. The van der Waals surface area contributed by atoms with E-state index in [-0.39, 0.29) is 0 Å². The van der Waals surface area contributed by atoms with Gasteiger partial charge in [0, 0.05) is 5.69 Å². The van der Waals surface area contributed by atoms with Crippen LogP contribution in [0.1, 0.15) is 22.8 Å². The molecule has 0 bridgehead atoms. The van der Waals surface area contributed by atoms with Crippen LogP contribution in [0.15, 0.2) is 10.7 Å². The van der Waals surface area contributed by atoms with Crippen molar-refractivity contribution in [2.24, 2.45) is 0 Å². The van der Waals surface area contributed by atoms with Gasteiger partial charge in [-0.3, -0.25) is 4.68 Å². The van der Waals surface area contributed by atoms with Gasteiger partial charge in [0.1, 0.15) is 11.4 Å². The summed E-state index contributed by atoms with van der Waals surface area (Å²) in [6.45, 7) is 6.48. The van der Waals surface area contributed by atoms with Crippen LogP contribution in [-0.2, 0) is 6.54 Å². The third-order valence-electron chi connectivity index (χ3n) is 2.15. The predicted molar refractivity (Wildman–Crippen MR) is 49.8 cm³/mol. The van der Waals surface area contributed by atoms with Gasteiger partial charge in [-0.15, -0.1) is 0 Å². The van der Waals surface area contributed by atoms with Gasteiger partial charge in [-0.1, -0.05) is 10.3 Å². The molecule has 0 amide bonds. The first-order chi connectivity index (χ1) is 6.66. The monoisotopic (exact) mass is 192 g/mol. The van der Waals surface area contributed by atoms with Crippen LogP contribution >= 0.6 is 0 Å². The van der Waals surface area contributed by atoms with Gasteiger partial charge < -0.3 is 0 Å². The summed E-state index contributed by atoms with van der Waals surface area (Å²) in [7, 11) is 0. The van der Waals surface area contributed by atoms with Crippen LogP contribution < -0.4 is 0 Å². The lowest BCUT2D eigenvalue weighted by molar-refractivity contribution is 0.300. The highest BCUT2D eigenvalue weighted by molar-refractivity contribution is 5.11. The van der Waals surface area contributed by atoms with E-state index in [1.807, 2.05) is 31.5 Å². The molecule has 5 nitrogen and oxygen atoms in total. The Morgan fingerprint density at radius 3 is 2.57 bits per heavy atom. The van der Waals surface area contributed by atoms with Gasteiger partial charge in [-0.2, -0.15) is 5.10 Å². The Morgan fingerprint density at radius 1 is 1.29 bits per heavy atom. The molecule has 14 heavy (non-hydrogen) atoms. The molecule has 0 aliphatic carbocycles. The second kappa shape index (κ2) is 3.25. The Morgan fingerprint density at radius 2 is 2.07 bits per heavy atom. The molecular formula is C9H12N4O. The minimum atomic E-state index is 0.620. The fourth-order valence-electron chi connectivity index (χ4n) is 1.37. The number of hydrogen-bond acceptors (Lipinski definition) is 4. The number of hydrogen-bond donors (Lipinski definition) is 0. The van der Waals surface area contributed by atoms with Gasteiger partial charge in [0.05, 0.1) is 12.2 Å². The molecule has 2 heterocycles. The maximum atomic E-state index is 4.62. The van der Waals surface area contributed by atoms with E-state index in [9.17, 15) is 0 Å². The lowest BCUT2D eigenvalue weighted by Gasteiger charge is -2.00. The van der Waals surface area contributed by atoms with Crippen LogP contribution in [0, 0.1) is 20.8 Å². The first-order valence-electron chi connectivity index (χ1n) is 4.46. The first kappa shape index (κ1) is 8.93. The Kier molecular flexibility index (Phi) is 2.07. The van der Waals surface area contributed by atoms with E-state index in [1.54, 1.807) is 0 Å². The van der Waals surface area contributed by atoms with Crippen molar-refractivity contribution in [1.82, 2.24) is 20.1 Å². The molecular weight excluding hydrogens is 180 g/mol. The van der Waals surface area contributed by atoms with E-state index in [0.717, 1.165) is 22.8 Å². The van der Waals surface area contributed by atoms with Gasteiger partial charge in [-0.25, -0.2) is 4.63 Å². The smallest absolute Gasteiger partial charge is 0.129 e. The van der Waals surface area contributed by atoms with E-state index in [4.69, 9.17) is 0 Å². The summed E-state index contributed by atoms with van der Waals surface area (Å²) in [6, 6.07) is 2.03. The van der Waals surface area contributed by atoms with Gasteiger partial charge >= 0.3 is 0 Å². The van der Waals surface area contributed by atoms with Crippen LogP contribution in [0.4, 0.5) is 0 Å². The molecule has 0 aliphatic rings. The van der Waals surface area contributed by atoms with Crippen molar-refractivity contribution in [2.75, 3.05) is 0 Å². The average Bonchev–Trinajstić information content (AvgIpc) is 2.62. The summed E-state index contributed by atoms with van der Waals surface area (Å²) in [6.07, 6.45) is 0. The maximum absolute atomic E-state index is 4.62. The van der Waals surface area contributed by atoms with Crippen molar-refractivity contribution >= 4 is 0 Å². The van der Waals surface area contributed by atoms with E-state index >= 15 is 0 Å². The topological polar surface area (TPSA) is 56.7 Å². The minimum absolute atomic E-state index is 0.620. The first-order valence-corrected chi connectivity index (χ1v) is 4.46. The Balaban J connectivity index is 2.27. The highest BCUT2D eigenvalue weighted by Crippen LogP contribution is 2.07.